The van der Waals surface area contributed by atoms with Gasteiger partial charge in [-0.3, -0.25) is 4.79 Å². The number of Topliss-reactive ketones (excluding diaryl/α,β-unsaturated/α-hetero) is 1. The molecule has 0 unspecified atom stereocenters. The highest BCUT2D eigenvalue weighted by Crippen LogP contribution is 2.17. The molecule has 3 rings (SSSR count). The third-order valence-electron chi connectivity index (χ3n) is 4.00. The van der Waals surface area contributed by atoms with Crippen molar-refractivity contribution in [3.8, 4) is 0 Å². The molecule has 0 atom stereocenters. The number of carbonyl (C=O) groups is 2. The zero-order valence-electron chi connectivity index (χ0n) is 13.7. The minimum atomic E-state index is -0.487. The number of esters is 1. The van der Waals surface area contributed by atoms with Gasteiger partial charge in [-0.2, -0.15) is 0 Å². The van der Waals surface area contributed by atoms with Gasteiger partial charge in [-0.15, -0.1) is 0 Å². The highest BCUT2D eigenvalue weighted by molar-refractivity contribution is 6.01. The fourth-order valence-corrected chi connectivity index (χ4v) is 2.73. The number of rotatable bonds is 4. The maximum Gasteiger partial charge on any atom is 0.338 e. The van der Waals surface area contributed by atoms with E-state index in [-0.39, 0.29) is 12.4 Å². The van der Waals surface area contributed by atoms with Crippen LogP contribution < -0.4 is 0 Å². The standard InChI is InChI=1S/C21H18O3/c1-14-7-10-19(15(2)11-14)20(22)13-24-21(23)18-9-8-16-5-3-4-6-17(16)12-18/h3-12H,13H2,1-2H3. The Morgan fingerprint density at radius 3 is 2.38 bits per heavy atom. The Balaban J connectivity index is 1.71. The first-order valence-electron chi connectivity index (χ1n) is 7.81. The largest absolute Gasteiger partial charge is 0.454 e. The van der Waals surface area contributed by atoms with Crippen molar-refractivity contribution in [2.24, 2.45) is 0 Å². The lowest BCUT2D eigenvalue weighted by molar-refractivity contribution is 0.0474. The molecule has 24 heavy (non-hydrogen) atoms. The molecule has 0 N–H and O–H groups in total. The summed E-state index contributed by atoms with van der Waals surface area (Å²) in [5.41, 5.74) is 3.02. The van der Waals surface area contributed by atoms with Crippen molar-refractivity contribution in [2.45, 2.75) is 13.8 Å². The molecule has 3 heteroatoms. The van der Waals surface area contributed by atoms with Crippen LogP contribution in [-0.4, -0.2) is 18.4 Å². The highest BCUT2D eigenvalue weighted by Gasteiger charge is 2.14. The molecular formula is C21H18O3. The highest BCUT2D eigenvalue weighted by atomic mass is 16.5. The summed E-state index contributed by atoms with van der Waals surface area (Å²) in [6.07, 6.45) is 0. The number of hydrogen-bond acceptors (Lipinski definition) is 3. The molecule has 0 saturated carbocycles. The van der Waals surface area contributed by atoms with Crippen LogP contribution in [-0.2, 0) is 4.74 Å². The predicted molar refractivity (Wildman–Crippen MR) is 94.5 cm³/mol. The number of ether oxygens (including phenoxy) is 1. The van der Waals surface area contributed by atoms with Gasteiger partial charge in [0.05, 0.1) is 5.56 Å². The number of benzene rings is 3. The SMILES string of the molecule is Cc1ccc(C(=O)COC(=O)c2ccc3ccccc3c2)c(C)c1. The van der Waals surface area contributed by atoms with Gasteiger partial charge < -0.3 is 4.74 Å². The Bertz CT molecular complexity index is 925. The van der Waals surface area contributed by atoms with Crippen LogP contribution in [0.5, 0.6) is 0 Å². The summed E-state index contributed by atoms with van der Waals surface area (Å²) in [7, 11) is 0. The summed E-state index contributed by atoms with van der Waals surface area (Å²) < 4.78 is 5.19. The summed E-state index contributed by atoms with van der Waals surface area (Å²) in [6, 6.07) is 18.7. The molecule has 0 aliphatic rings. The van der Waals surface area contributed by atoms with E-state index in [4.69, 9.17) is 4.74 Å². The summed E-state index contributed by atoms with van der Waals surface area (Å²) >= 11 is 0. The second-order valence-corrected chi connectivity index (χ2v) is 5.88. The molecule has 0 aromatic heterocycles. The van der Waals surface area contributed by atoms with Crippen LogP contribution in [0.1, 0.15) is 31.8 Å². The predicted octanol–water partition coefficient (Wildman–Crippen LogP) is 4.50. The van der Waals surface area contributed by atoms with E-state index in [0.29, 0.717) is 11.1 Å². The molecule has 0 fully saturated rings. The lowest BCUT2D eigenvalue weighted by Gasteiger charge is -2.08. The van der Waals surface area contributed by atoms with Gasteiger partial charge in [-0.25, -0.2) is 4.79 Å². The van der Waals surface area contributed by atoms with Gasteiger partial charge in [-0.05, 0) is 42.3 Å². The van der Waals surface area contributed by atoms with Crippen LogP contribution in [0, 0.1) is 13.8 Å². The second-order valence-electron chi connectivity index (χ2n) is 5.88. The lowest BCUT2D eigenvalue weighted by atomic mass is 10.0. The molecule has 0 bridgehead atoms. The van der Waals surface area contributed by atoms with Crippen molar-refractivity contribution >= 4 is 22.5 Å². The number of carbonyl (C=O) groups excluding carboxylic acids is 2. The first-order chi connectivity index (χ1) is 11.5. The van der Waals surface area contributed by atoms with Crippen molar-refractivity contribution in [3.63, 3.8) is 0 Å². The molecule has 0 amide bonds. The first kappa shape index (κ1) is 15.9. The van der Waals surface area contributed by atoms with E-state index in [1.807, 2.05) is 56.3 Å². The lowest BCUT2D eigenvalue weighted by Crippen LogP contribution is -2.15. The molecule has 3 aromatic rings. The van der Waals surface area contributed by atoms with E-state index in [1.54, 1.807) is 18.2 Å². The average Bonchev–Trinajstić information content (AvgIpc) is 2.59. The Morgan fingerprint density at radius 2 is 1.62 bits per heavy atom. The van der Waals surface area contributed by atoms with Crippen molar-refractivity contribution < 1.29 is 14.3 Å². The van der Waals surface area contributed by atoms with E-state index in [0.717, 1.165) is 21.9 Å². The number of aryl methyl sites for hydroxylation is 2. The Hall–Kier alpha value is -2.94. The smallest absolute Gasteiger partial charge is 0.338 e. The van der Waals surface area contributed by atoms with Gasteiger partial charge in [0.1, 0.15) is 0 Å². The Morgan fingerprint density at radius 1 is 0.875 bits per heavy atom. The molecule has 0 saturated heterocycles. The summed E-state index contributed by atoms with van der Waals surface area (Å²) in [5, 5.41) is 2.02. The van der Waals surface area contributed by atoms with Crippen molar-refractivity contribution in [1.82, 2.24) is 0 Å². The molecule has 3 nitrogen and oxygen atoms in total. The first-order valence-corrected chi connectivity index (χ1v) is 7.81. The molecule has 0 aliphatic carbocycles. The summed E-state index contributed by atoms with van der Waals surface area (Å²) in [5.74, 6) is -0.680. The van der Waals surface area contributed by atoms with Crippen molar-refractivity contribution in [3.05, 3.63) is 82.9 Å². The molecule has 0 spiro atoms. The van der Waals surface area contributed by atoms with Gasteiger partial charge >= 0.3 is 5.97 Å². The number of fused-ring (bicyclic) bond motifs is 1. The van der Waals surface area contributed by atoms with Crippen LogP contribution in [0.3, 0.4) is 0 Å². The maximum absolute atomic E-state index is 12.2. The van der Waals surface area contributed by atoms with Crippen molar-refractivity contribution in [2.75, 3.05) is 6.61 Å². The molecule has 0 heterocycles. The molecule has 0 aliphatic heterocycles. The molecule has 120 valence electrons. The van der Waals surface area contributed by atoms with E-state index in [9.17, 15) is 9.59 Å². The van der Waals surface area contributed by atoms with Crippen molar-refractivity contribution in [1.29, 1.82) is 0 Å². The van der Waals surface area contributed by atoms with Gasteiger partial charge in [-0.1, -0.05) is 54.1 Å². The van der Waals surface area contributed by atoms with Gasteiger partial charge in [0, 0.05) is 5.56 Å². The third kappa shape index (κ3) is 3.35. The third-order valence-corrected chi connectivity index (χ3v) is 4.00. The fourth-order valence-electron chi connectivity index (χ4n) is 2.73. The zero-order valence-corrected chi connectivity index (χ0v) is 13.7. The molecular weight excluding hydrogens is 300 g/mol. The average molecular weight is 318 g/mol. The van der Waals surface area contributed by atoms with Crippen LogP contribution in [0.15, 0.2) is 60.7 Å². The normalized spacial score (nSPS) is 10.6. The topological polar surface area (TPSA) is 43.4 Å². The Labute approximate surface area is 140 Å². The second kappa shape index (κ2) is 6.67. The van der Waals surface area contributed by atoms with Gasteiger partial charge in [0.25, 0.3) is 0 Å². The summed E-state index contributed by atoms with van der Waals surface area (Å²) in [6.45, 7) is 3.60. The van der Waals surface area contributed by atoms with E-state index in [1.165, 1.54) is 0 Å². The van der Waals surface area contributed by atoms with Gasteiger partial charge in [0.2, 0.25) is 5.78 Å². The molecule has 0 radical (unpaired) electrons. The fraction of sp³-hybridized carbons (Fsp3) is 0.143. The van der Waals surface area contributed by atoms with Crippen LogP contribution >= 0.6 is 0 Å². The number of ketones is 1. The minimum absolute atomic E-state index is 0.193. The van der Waals surface area contributed by atoms with Crippen LogP contribution in [0.25, 0.3) is 10.8 Å². The van der Waals surface area contributed by atoms with E-state index in [2.05, 4.69) is 0 Å². The van der Waals surface area contributed by atoms with Crippen LogP contribution in [0.2, 0.25) is 0 Å². The van der Waals surface area contributed by atoms with Crippen LogP contribution in [0.4, 0.5) is 0 Å². The monoisotopic (exact) mass is 318 g/mol. The van der Waals surface area contributed by atoms with E-state index >= 15 is 0 Å². The minimum Gasteiger partial charge on any atom is -0.454 e. The van der Waals surface area contributed by atoms with E-state index < -0.39 is 5.97 Å². The molecule has 3 aromatic carbocycles. The summed E-state index contributed by atoms with van der Waals surface area (Å²) in [4.78, 5) is 24.4. The zero-order chi connectivity index (χ0) is 17.1. The van der Waals surface area contributed by atoms with Gasteiger partial charge in [0.15, 0.2) is 6.61 Å². The quantitative estimate of drug-likeness (QED) is 0.525. The maximum atomic E-state index is 12.2. The Kier molecular flexibility index (Phi) is 4.43. The number of hydrogen-bond donors (Lipinski definition) is 0.